The first-order valence-corrected chi connectivity index (χ1v) is 8.30. The Bertz CT molecular complexity index is 551. The largest absolute Gasteiger partial charge is 0.497 e. The molecule has 0 bridgehead atoms. The molecule has 6 heteroatoms. The van der Waals surface area contributed by atoms with E-state index in [4.69, 9.17) is 9.47 Å². The van der Waals surface area contributed by atoms with Crippen molar-refractivity contribution in [2.45, 2.75) is 26.3 Å². The molecule has 1 aromatic carbocycles. The van der Waals surface area contributed by atoms with Crippen LogP contribution < -0.4 is 10.1 Å². The topological polar surface area (TPSA) is 67.9 Å². The van der Waals surface area contributed by atoms with Crippen molar-refractivity contribution in [1.29, 1.82) is 0 Å². The predicted molar refractivity (Wildman–Crippen MR) is 90.9 cm³/mol. The predicted octanol–water partition coefficient (Wildman–Crippen LogP) is 1.24. The van der Waals surface area contributed by atoms with Crippen molar-refractivity contribution in [2.24, 2.45) is 5.92 Å². The smallest absolute Gasteiger partial charge is 0.245 e. The molecule has 0 aromatic heterocycles. The van der Waals surface area contributed by atoms with Crippen LogP contribution in [0.3, 0.4) is 0 Å². The molecule has 0 radical (unpaired) electrons. The molecular formula is C18H26N2O4. The van der Waals surface area contributed by atoms with E-state index in [0.29, 0.717) is 26.3 Å². The van der Waals surface area contributed by atoms with Crippen LogP contribution in [0.1, 0.15) is 19.4 Å². The highest BCUT2D eigenvalue weighted by Gasteiger charge is 2.29. The molecule has 0 aliphatic carbocycles. The monoisotopic (exact) mass is 334 g/mol. The molecule has 1 aromatic rings. The number of rotatable bonds is 6. The average molecular weight is 334 g/mol. The summed E-state index contributed by atoms with van der Waals surface area (Å²) in [6, 6.07) is 6.84. The Morgan fingerprint density at radius 3 is 2.38 bits per heavy atom. The van der Waals surface area contributed by atoms with Gasteiger partial charge in [0, 0.05) is 13.1 Å². The number of hydrogen-bond donors (Lipinski definition) is 1. The Hall–Kier alpha value is -2.08. The minimum Gasteiger partial charge on any atom is -0.497 e. The summed E-state index contributed by atoms with van der Waals surface area (Å²) in [5.41, 5.74) is 0.884. The second-order valence-corrected chi connectivity index (χ2v) is 6.25. The second-order valence-electron chi connectivity index (χ2n) is 6.25. The van der Waals surface area contributed by atoms with Gasteiger partial charge in [-0.25, -0.2) is 0 Å². The van der Waals surface area contributed by atoms with Crippen LogP contribution in [0.4, 0.5) is 0 Å². The number of nitrogens with zero attached hydrogens (tertiary/aromatic N) is 1. The summed E-state index contributed by atoms with van der Waals surface area (Å²) in [5, 5.41) is 2.89. The maximum atomic E-state index is 12.7. The van der Waals surface area contributed by atoms with Crippen LogP contribution >= 0.6 is 0 Å². The molecule has 1 atom stereocenters. The summed E-state index contributed by atoms with van der Waals surface area (Å²) in [6.07, 6.45) is 0.240. The zero-order valence-corrected chi connectivity index (χ0v) is 14.6. The van der Waals surface area contributed by atoms with Gasteiger partial charge in [-0.3, -0.25) is 9.59 Å². The van der Waals surface area contributed by atoms with Crippen LogP contribution in [-0.4, -0.2) is 56.2 Å². The quantitative estimate of drug-likeness (QED) is 0.850. The van der Waals surface area contributed by atoms with Gasteiger partial charge in [-0.1, -0.05) is 26.0 Å². The number of carbonyl (C=O) groups is 2. The number of benzene rings is 1. The Morgan fingerprint density at radius 2 is 1.83 bits per heavy atom. The highest BCUT2D eigenvalue weighted by atomic mass is 16.5. The lowest BCUT2D eigenvalue weighted by Crippen LogP contribution is -2.54. The maximum Gasteiger partial charge on any atom is 0.245 e. The molecular weight excluding hydrogens is 308 g/mol. The Morgan fingerprint density at radius 1 is 1.21 bits per heavy atom. The summed E-state index contributed by atoms with van der Waals surface area (Å²) in [6.45, 7) is 6.15. The first kappa shape index (κ1) is 18.3. The summed E-state index contributed by atoms with van der Waals surface area (Å²) in [4.78, 5) is 26.7. The van der Waals surface area contributed by atoms with Crippen molar-refractivity contribution in [1.82, 2.24) is 10.2 Å². The van der Waals surface area contributed by atoms with Gasteiger partial charge in [-0.05, 0) is 23.6 Å². The molecule has 1 N–H and O–H groups in total. The number of nitrogens with one attached hydrogen (secondary N) is 1. The molecule has 2 rings (SSSR count). The van der Waals surface area contributed by atoms with Gasteiger partial charge in [0.05, 0.1) is 26.7 Å². The van der Waals surface area contributed by atoms with E-state index in [1.165, 1.54) is 0 Å². The highest BCUT2D eigenvalue weighted by Crippen LogP contribution is 2.13. The van der Waals surface area contributed by atoms with Gasteiger partial charge in [0.25, 0.3) is 0 Å². The van der Waals surface area contributed by atoms with Crippen LogP contribution in [0, 0.1) is 5.92 Å². The summed E-state index contributed by atoms with van der Waals surface area (Å²) in [5.74, 6) is 0.596. The number of hydrogen-bond acceptors (Lipinski definition) is 4. The van der Waals surface area contributed by atoms with Gasteiger partial charge in [0.2, 0.25) is 11.8 Å². The van der Waals surface area contributed by atoms with Gasteiger partial charge >= 0.3 is 0 Å². The molecule has 24 heavy (non-hydrogen) atoms. The molecule has 1 heterocycles. The van der Waals surface area contributed by atoms with Gasteiger partial charge in [-0.15, -0.1) is 0 Å². The van der Waals surface area contributed by atoms with Crippen LogP contribution in [0.2, 0.25) is 0 Å². The zero-order valence-electron chi connectivity index (χ0n) is 14.6. The molecule has 1 saturated heterocycles. The summed E-state index contributed by atoms with van der Waals surface area (Å²) >= 11 is 0. The fourth-order valence-electron chi connectivity index (χ4n) is 2.65. The molecule has 6 nitrogen and oxygen atoms in total. The molecule has 0 spiro atoms. The zero-order chi connectivity index (χ0) is 17.5. The van der Waals surface area contributed by atoms with E-state index in [9.17, 15) is 9.59 Å². The Balaban J connectivity index is 1.95. The number of morpholine rings is 1. The summed E-state index contributed by atoms with van der Waals surface area (Å²) in [7, 11) is 1.60. The minimum absolute atomic E-state index is 0.0279. The highest BCUT2D eigenvalue weighted by molar-refractivity contribution is 5.88. The maximum absolute atomic E-state index is 12.7. The van der Waals surface area contributed by atoms with Crippen molar-refractivity contribution in [3.63, 3.8) is 0 Å². The van der Waals surface area contributed by atoms with E-state index in [0.717, 1.165) is 11.3 Å². The van der Waals surface area contributed by atoms with Crippen molar-refractivity contribution in [3.8, 4) is 5.75 Å². The van der Waals surface area contributed by atoms with Crippen LogP contribution in [0.5, 0.6) is 5.75 Å². The van der Waals surface area contributed by atoms with Crippen molar-refractivity contribution in [2.75, 3.05) is 33.4 Å². The molecule has 0 saturated carbocycles. The van der Waals surface area contributed by atoms with Gasteiger partial charge in [0.1, 0.15) is 11.8 Å². The van der Waals surface area contributed by atoms with Crippen molar-refractivity contribution < 1.29 is 19.1 Å². The first-order valence-electron chi connectivity index (χ1n) is 8.30. The molecule has 2 amide bonds. The third-order valence-electron chi connectivity index (χ3n) is 4.10. The number of amides is 2. The lowest BCUT2D eigenvalue weighted by atomic mass is 10.0. The van der Waals surface area contributed by atoms with Crippen LogP contribution in [0.25, 0.3) is 0 Å². The van der Waals surface area contributed by atoms with Gasteiger partial charge in [-0.2, -0.15) is 0 Å². The molecule has 132 valence electrons. The molecule has 1 fully saturated rings. The SMILES string of the molecule is COc1ccc(CC(=O)N[C@@H](C(=O)N2CCOCC2)C(C)C)cc1. The third-order valence-corrected chi connectivity index (χ3v) is 4.10. The van der Waals surface area contributed by atoms with E-state index in [1.54, 1.807) is 12.0 Å². The van der Waals surface area contributed by atoms with Gasteiger partial charge in [0.15, 0.2) is 0 Å². The van der Waals surface area contributed by atoms with Crippen LogP contribution in [-0.2, 0) is 20.7 Å². The molecule has 1 aliphatic rings. The fourth-order valence-corrected chi connectivity index (χ4v) is 2.65. The minimum atomic E-state index is -0.506. The average Bonchev–Trinajstić information content (AvgIpc) is 2.60. The number of carbonyl (C=O) groups excluding carboxylic acids is 2. The van der Waals surface area contributed by atoms with Crippen molar-refractivity contribution in [3.05, 3.63) is 29.8 Å². The third kappa shape index (κ3) is 4.96. The standard InChI is InChI=1S/C18H26N2O4/c1-13(2)17(18(22)20-8-10-24-11-9-20)19-16(21)12-14-4-6-15(23-3)7-5-14/h4-7,13,17H,8-12H2,1-3H3,(H,19,21)/t17-/m1/s1. The molecule has 1 aliphatic heterocycles. The number of ether oxygens (including phenoxy) is 2. The van der Waals surface area contributed by atoms with E-state index in [1.807, 2.05) is 38.1 Å². The van der Waals surface area contributed by atoms with E-state index < -0.39 is 6.04 Å². The van der Waals surface area contributed by atoms with Crippen molar-refractivity contribution >= 4 is 11.8 Å². The Labute approximate surface area is 143 Å². The Kier molecular flexibility index (Phi) is 6.61. The normalized spacial score (nSPS) is 15.9. The van der Waals surface area contributed by atoms with E-state index in [-0.39, 0.29) is 24.2 Å². The van der Waals surface area contributed by atoms with E-state index >= 15 is 0 Å². The lowest BCUT2D eigenvalue weighted by molar-refractivity contribution is -0.141. The lowest BCUT2D eigenvalue weighted by Gasteiger charge is -2.32. The summed E-state index contributed by atoms with van der Waals surface area (Å²) < 4.78 is 10.4. The number of methoxy groups -OCH3 is 1. The van der Waals surface area contributed by atoms with Gasteiger partial charge < -0.3 is 19.7 Å². The van der Waals surface area contributed by atoms with Crippen LogP contribution in [0.15, 0.2) is 24.3 Å². The van der Waals surface area contributed by atoms with E-state index in [2.05, 4.69) is 5.32 Å². The first-order chi connectivity index (χ1) is 11.5. The second kappa shape index (κ2) is 8.68. The molecule has 0 unspecified atom stereocenters. The fraction of sp³-hybridized carbons (Fsp3) is 0.556.